The van der Waals surface area contributed by atoms with Gasteiger partial charge in [0.1, 0.15) is 0 Å². The summed E-state index contributed by atoms with van der Waals surface area (Å²) >= 11 is 9.07. The minimum absolute atomic E-state index is 0.0583. The van der Waals surface area contributed by atoms with Crippen molar-refractivity contribution in [2.24, 2.45) is 5.73 Å². The molecule has 2 amide bonds. The lowest BCUT2D eigenvalue weighted by molar-refractivity contribution is -0.137. The number of halogens is 2. The summed E-state index contributed by atoms with van der Waals surface area (Å²) in [7, 11) is 4.84. The van der Waals surface area contributed by atoms with Gasteiger partial charge in [-0.05, 0) is 30.7 Å². The number of nitrogens with zero attached hydrogens (tertiary/aromatic N) is 2. The number of amides is 2. The molecule has 0 aromatic heterocycles. The minimum atomic E-state index is -0.231. The van der Waals surface area contributed by atoms with Crippen LogP contribution in [0.5, 0.6) is 0 Å². The van der Waals surface area contributed by atoms with E-state index in [1.165, 1.54) is 15.4 Å². The molecule has 0 radical (unpaired) electrons. The molecule has 1 rings (SSSR count). The van der Waals surface area contributed by atoms with Crippen LogP contribution in [0, 0.1) is 6.92 Å². The molecule has 1 aromatic rings. The van der Waals surface area contributed by atoms with Crippen LogP contribution in [0.25, 0.3) is 0 Å². The highest BCUT2D eigenvalue weighted by Gasteiger charge is 2.11. The fourth-order valence-electron chi connectivity index (χ4n) is 1.20. The molecule has 132 valence electrons. The van der Waals surface area contributed by atoms with E-state index in [0.29, 0.717) is 0 Å². The first-order valence-corrected chi connectivity index (χ1v) is 8.42. The zero-order valence-electron chi connectivity index (χ0n) is 14.7. The summed E-state index contributed by atoms with van der Waals surface area (Å²) in [5.74, 6) is -0.343. The van der Waals surface area contributed by atoms with Gasteiger partial charge in [0, 0.05) is 30.6 Å². The maximum atomic E-state index is 11.1. The van der Waals surface area contributed by atoms with Gasteiger partial charge in [0.25, 0.3) is 0 Å². The molecule has 5 nitrogen and oxygen atoms in total. The van der Waals surface area contributed by atoms with E-state index in [-0.39, 0.29) is 24.9 Å². The third kappa shape index (κ3) is 11.1. The second-order valence-corrected chi connectivity index (χ2v) is 5.93. The van der Waals surface area contributed by atoms with Gasteiger partial charge in [-0.25, -0.2) is 0 Å². The van der Waals surface area contributed by atoms with E-state index in [1.54, 1.807) is 21.1 Å². The van der Waals surface area contributed by atoms with E-state index in [1.807, 2.05) is 39.0 Å². The molecule has 0 aliphatic carbocycles. The van der Waals surface area contributed by atoms with Gasteiger partial charge in [-0.15, -0.1) is 0 Å². The Morgan fingerprint density at radius 1 is 1.17 bits per heavy atom. The van der Waals surface area contributed by atoms with Crippen LogP contribution in [0.3, 0.4) is 0 Å². The lowest BCUT2D eigenvalue weighted by Gasteiger charge is -2.18. The Morgan fingerprint density at radius 2 is 1.70 bits per heavy atom. The molecule has 1 aromatic carbocycles. The Morgan fingerprint density at radius 3 is 2.04 bits per heavy atom. The predicted molar refractivity (Wildman–Crippen MR) is 101 cm³/mol. The van der Waals surface area contributed by atoms with Gasteiger partial charge in [0.05, 0.1) is 13.1 Å². The quantitative estimate of drug-likeness (QED) is 0.836. The van der Waals surface area contributed by atoms with E-state index in [9.17, 15) is 9.59 Å². The summed E-state index contributed by atoms with van der Waals surface area (Å²) in [6.07, 6.45) is 0. The van der Waals surface area contributed by atoms with Gasteiger partial charge in [0.2, 0.25) is 11.8 Å². The molecule has 0 heterocycles. The van der Waals surface area contributed by atoms with Gasteiger partial charge >= 0.3 is 0 Å². The van der Waals surface area contributed by atoms with Crippen LogP contribution in [-0.2, 0) is 9.59 Å². The molecule has 23 heavy (non-hydrogen) atoms. The highest BCUT2D eigenvalue weighted by atomic mass is 79.9. The lowest BCUT2D eigenvalue weighted by Crippen LogP contribution is -2.40. The highest BCUT2D eigenvalue weighted by molar-refractivity contribution is 9.10. The zero-order chi connectivity index (χ0) is 18.6. The molecule has 0 aliphatic rings. The molecule has 0 fully saturated rings. The summed E-state index contributed by atoms with van der Waals surface area (Å²) in [6, 6.07) is 5.72. The second kappa shape index (κ2) is 13.3. The average molecular weight is 409 g/mol. The highest BCUT2D eigenvalue weighted by Crippen LogP contribution is 2.19. The van der Waals surface area contributed by atoms with Crippen LogP contribution in [0.15, 0.2) is 22.7 Å². The summed E-state index contributed by atoms with van der Waals surface area (Å²) in [5, 5.41) is 0.788. The Hall–Kier alpha value is -1.11. The van der Waals surface area contributed by atoms with Crippen molar-refractivity contribution >= 4 is 39.3 Å². The van der Waals surface area contributed by atoms with Gasteiger partial charge in [-0.2, -0.15) is 0 Å². The molecule has 2 N–H and O–H groups in total. The lowest BCUT2D eigenvalue weighted by atomic mass is 10.2. The second-order valence-electron chi connectivity index (χ2n) is 4.64. The summed E-state index contributed by atoms with van der Waals surface area (Å²) in [6.45, 7) is 6.04. The molecule has 0 atom stereocenters. The fraction of sp³-hybridized carbons (Fsp3) is 0.500. The van der Waals surface area contributed by atoms with Gasteiger partial charge in [-0.3, -0.25) is 9.59 Å². The summed E-state index contributed by atoms with van der Waals surface area (Å²) in [4.78, 5) is 24.7. The van der Waals surface area contributed by atoms with Crippen molar-refractivity contribution in [3.8, 4) is 0 Å². The van der Waals surface area contributed by atoms with E-state index in [2.05, 4.69) is 15.9 Å². The molecule has 0 saturated carbocycles. The normalized spacial score (nSPS) is 8.91. The number of nitrogens with two attached hydrogens (primary N) is 1. The topological polar surface area (TPSA) is 66.6 Å². The smallest absolute Gasteiger partial charge is 0.241 e. The first kappa shape index (κ1) is 24.1. The largest absolute Gasteiger partial charge is 0.347 e. The van der Waals surface area contributed by atoms with Crippen molar-refractivity contribution in [3.05, 3.63) is 33.3 Å². The Kier molecular flexibility index (Phi) is 14.0. The summed E-state index contributed by atoms with van der Waals surface area (Å²) < 4.78 is 1.10. The van der Waals surface area contributed by atoms with E-state index in [0.717, 1.165) is 9.50 Å². The van der Waals surface area contributed by atoms with Crippen LogP contribution in [0.2, 0.25) is 5.02 Å². The Labute approximate surface area is 152 Å². The van der Waals surface area contributed by atoms with Crippen LogP contribution in [0.4, 0.5) is 0 Å². The van der Waals surface area contributed by atoms with Crippen molar-refractivity contribution < 1.29 is 9.59 Å². The first-order valence-electron chi connectivity index (χ1n) is 7.24. The van der Waals surface area contributed by atoms with Crippen molar-refractivity contribution in [2.45, 2.75) is 20.8 Å². The Bertz CT molecular complexity index is 496. The van der Waals surface area contributed by atoms with Crippen molar-refractivity contribution in [3.63, 3.8) is 0 Å². The number of benzene rings is 1. The first-order chi connectivity index (χ1) is 10.7. The Balaban J connectivity index is 0. The van der Waals surface area contributed by atoms with Gasteiger partial charge < -0.3 is 15.5 Å². The zero-order valence-corrected chi connectivity index (χ0v) is 17.0. The molecular weight excluding hydrogens is 382 g/mol. The van der Waals surface area contributed by atoms with Crippen LogP contribution in [-0.4, -0.2) is 55.8 Å². The van der Waals surface area contributed by atoms with Gasteiger partial charge in [0.15, 0.2) is 0 Å². The monoisotopic (exact) mass is 407 g/mol. The predicted octanol–water partition coefficient (Wildman–Crippen LogP) is 2.93. The van der Waals surface area contributed by atoms with Crippen LogP contribution in [0.1, 0.15) is 19.4 Å². The van der Waals surface area contributed by atoms with Crippen molar-refractivity contribution in [1.29, 1.82) is 0 Å². The van der Waals surface area contributed by atoms with E-state index < -0.39 is 0 Å². The number of rotatable bonds is 3. The summed E-state index contributed by atoms with van der Waals surface area (Å²) in [5.41, 5.74) is 6.28. The molecule has 0 aliphatic heterocycles. The van der Waals surface area contributed by atoms with Crippen molar-refractivity contribution in [1.82, 2.24) is 9.80 Å². The number of carbonyl (C=O) groups excluding carboxylic acids is 2. The number of hydrogen-bond donors (Lipinski definition) is 1. The molecular formula is C16H27BrClN3O2. The van der Waals surface area contributed by atoms with Gasteiger partial charge in [-0.1, -0.05) is 41.4 Å². The maximum absolute atomic E-state index is 11.1. The average Bonchev–Trinajstić information content (AvgIpc) is 2.52. The van der Waals surface area contributed by atoms with Crippen LogP contribution >= 0.6 is 27.5 Å². The fourth-order valence-corrected chi connectivity index (χ4v) is 1.67. The molecule has 0 saturated heterocycles. The number of hydrogen-bond acceptors (Lipinski definition) is 3. The number of carbonyl (C=O) groups is 2. The third-order valence-electron chi connectivity index (χ3n) is 2.59. The SMILES string of the molecule is CC.CN(C)C(=O)CN(C)C(=O)CN.Cc1cc(Cl)ccc1Br. The molecule has 0 bridgehead atoms. The molecule has 7 heteroatoms. The molecule has 0 spiro atoms. The molecule has 0 unspecified atom stereocenters. The number of likely N-dealkylation sites (N-methyl/N-ethyl adjacent to an activating group) is 2. The van der Waals surface area contributed by atoms with E-state index >= 15 is 0 Å². The van der Waals surface area contributed by atoms with Crippen molar-refractivity contribution in [2.75, 3.05) is 34.2 Å². The number of aryl methyl sites for hydroxylation is 1. The third-order valence-corrected chi connectivity index (χ3v) is 3.72. The standard InChI is InChI=1S/C7H6BrCl.C7H15N3O2.C2H6/c1-5-4-6(9)2-3-7(5)8;1-9(2)7(12)5-10(3)6(11)4-8;1-2/h2-4H,1H3;4-5,8H2,1-3H3;1-2H3. The van der Waals surface area contributed by atoms with E-state index in [4.69, 9.17) is 17.3 Å². The minimum Gasteiger partial charge on any atom is -0.347 e. The van der Waals surface area contributed by atoms with Crippen LogP contribution < -0.4 is 5.73 Å². The maximum Gasteiger partial charge on any atom is 0.241 e.